The molecular formula is C14H14Cl2N2O5S3. The maximum absolute atomic E-state index is 11.8. The second kappa shape index (κ2) is 7.93. The van der Waals surface area contributed by atoms with Crippen LogP contribution in [0.25, 0.3) is 0 Å². The van der Waals surface area contributed by atoms with E-state index >= 15 is 0 Å². The smallest absolute Gasteiger partial charge is 0.238 e. The molecule has 0 fully saturated rings. The van der Waals surface area contributed by atoms with Gasteiger partial charge in [-0.15, -0.1) is 0 Å². The number of sulfonamides is 2. The molecule has 4 N–H and O–H groups in total. The Kier molecular flexibility index (Phi) is 6.49. The van der Waals surface area contributed by atoms with E-state index < -0.39 is 26.7 Å². The second-order valence-electron chi connectivity index (χ2n) is 5.21. The lowest BCUT2D eigenvalue weighted by Gasteiger charge is -2.15. The van der Waals surface area contributed by atoms with Gasteiger partial charge in [0, 0.05) is 14.8 Å². The molecule has 12 heteroatoms. The Balaban J connectivity index is 2.67. The Morgan fingerprint density at radius 1 is 1.12 bits per heavy atom. The fourth-order valence-electron chi connectivity index (χ4n) is 2.03. The van der Waals surface area contributed by atoms with Gasteiger partial charge < -0.3 is 5.11 Å². The van der Waals surface area contributed by atoms with Crippen LogP contribution in [-0.4, -0.2) is 28.2 Å². The number of hydrogen-bond acceptors (Lipinski definition) is 6. The van der Waals surface area contributed by atoms with E-state index in [9.17, 15) is 21.9 Å². The zero-order chi connectivity index (χ0) is 19.7. The zero-order valence-electron chi connectivity index (χ0n) is 13.2. The average molecular weight is 457 g/mol. The van der Waals surface area contributed by atoms with Crippen molar-refractivity contribution in [3.05, 3.63) is 45.9 Å². The van der Waals surface area contributed by atoms with Gasteiger partial charge in [0.2, 0.25) is 20.0 Å². The molecule has 142 valence electrons. The van der Waals surface area contributed by atoms with Crippen molar-refractivity contribution in [2.45, 2.75) is 21.3 Å². The Labute approximate surface area is 165 Å². The fraction of sp³-hybridized carbons (Fsp3) is 0.143. The van der Waals surface area contributed by atoms with Gasteiger partial charge in [-0.2, -0.15) is 0 Å². The van der Waals surface area contributed by atoms with Crippen LogP contribution in [0.5, 0.6) is 0 Å². The van der Waals surface area contributed by atoms with Crippen LogP contribution < -0.4 is 9.86 Å². The number of hydrogen-bond donors (Lipinski definition) is 3. The molecule has 0 aliphatic rings. The molecule has 2 aromatic carbocycles. The molecule has 0 spiro atoms. The number of nitrogens with one attached hydrogen (secondary N) is 1. The standard InChI is InChI=1S/C14H14Cl2N2O5S3/c1-25(20,21)18-11-4-8(7-19)14(26(17,22)23)6-13(11)24-12-3-2-9(15)5-10(12)16/h2-6,18-19H,7H2,1H3,(H2,17,22,23). The van der Waals surface area contributed by atoms with E-state index in [1.807, 2.05) is 0 Å². The molecule has 0 aliphatic carbocycles. The van der Waals surface area contributed by atoms with Crippen molar-refractivity contribution in [3.8, 4) is 0 Å². The number of rotatable bonds is 6. The molecule has 0 aromatic heterocycles. The molecule has 0 amide bonds. The first-order valence-electron chi connectivity index (χ1n) is 6.82. The Hall–Kier alpha value is -1.01. The van der Waals surface area contributed by atoms with Crippen LogP contribution in [0.2, 0.25) is 10.0 Å². The highest BCUT2D eigenvalue weighted by atomic mass is 35.5. The van der Waals surface area contributed by atoms with Crippen LogP contribution in [0.1, 0.15) is 5.56 Å². The van der Waals surface area contributed by atoms with Crippen LogP contribution in [0.15, 0.2) is 45.0 Å². The van der Waals surface area contributed by atoms with E-state index in [-0.39, 0.29) is 21.0 Å². The number of benzene rings is 2. The summed E-state index contributed by atoms with van der Waals surface area (Å²) in [5.41, 5.74) is 0.0465. The first kappa shape index (κ1) is 21.3. The number of aliphatic hydroxyl groups is 1. The molecule has 0 saturated heterocycles. The van der Waals surface area contributed by atoms with Crippen molar-refractivity contribution in [3.63, 3.8) is 0 Å². The van der Waals surface area contributed by atoms with Crippen LogP contribution in [-0.2, 0) is 26.7 Å². The van der Waals surface area contributed by atoms with Crippen LogP contribution >= 0.6 is 35.0 Å². The lowest BCUT2D eigenvalue weighted by molar-refractivity contribution is 0.278. The molecule has 0 heterocycles. The normalized spacial score (nSPS) is 12.2. The van der Waals surface area contributed by atoms with Gasteiger partial charge in [-0.05, 0) is 35.9 Å². The third-order valence-corrected chi connectivity index (χ3v) is 6.43. The van der Waals surface area contributed by atoms with Gasteiger partial charge in [-0.3, -0.25) is 4.72 Å². The fourth-order valence-corrected chi connectivity index (χ4v) is 4.96. The second-order valence-corrected chi connectivity index (χ2v) is 10.4. The van der Waals surface area contributed by atoms with E-state index in [4.69, 9.17) is 28.3 Å². The van der Waals surface area contributed by atoms with E-state index in [1.54, 1.807) is 12.1 Å². The predicted octanol–water partition coefficient (Wildman–Crippen LogP) is 2.66. The van der Waals surface area contributed by atoms with Crippen molar-refractivity contribution < 1.29 is 21.9 Å². The monoisotopic (exact) mass is 456 g/mol. The highest BCUT2D eigenvalue weighted by Crippen LogP contribution is 2.40. The Bertz CT molecular complexity index is 1060. The lowest BCUT2D eigenvalue weighted by atomic mass is 10.2. The number of primary sulfonamides is 1. The van der Waals surface area contributed by atoms with Crippen molar-refractivity contribution in [2.24, 2.45) is 5.14 Å². The van der Waals surface area contributed by atoms with Gasteiger partial charge in [-0.1, -0.05) is 35.0 Å². The summed E-state index contributed by atoms with van der Waals surface area (Å²) >= 11 is 13.0. The van der Waals surface area contributed by atoms with E-state index in [1.165, 1.54) is 18.2 Å². The van der Waals surface area contributed by atoms with Crippen LogP contribution in [0, 0.1) is 0 Å². The number of anilines is 1. The summed E-state index contributed by atoms with van der Waals surface area (Å²) in [6.45, 7) is -0.642. The van der Waals surface area contributed by atoms with E-state index in [2.05, 4.69) is 4.72 Å². The molecule has 2 aromatic rings. The van der Waals surface area contributed by atoms with Gasteiger partial charge in [0.15, 0.2) is 0 Å². The van der Waals surface area contributed by atoms with Gasteiger partial charge in [0.05, 0.1) is 28.5 Å². The number of halogens is 2. The van der Waals surface area contributed by atoms with Crippen molar-refractivity contribution in [1.29, 1.82) is 0 Å². The molecule has 2 rings (SSSR count). The average Bonchev–Trinajstić information content (AvgIpc) is 2.48. The van der Waals surface area contributed by atoms with Crippen LogP contribution in [0.3, 0.4) is 0 Å². The first-order chi connectivity index (χ1) is 11.9. The largest absolute Gasteiger partial charge is 0.392 e. The SMILES string of the molecule is CS(=O)(=O)Nc1cc(CO)c(S(N)(=O)=O)cc1Sc1ccc(Cl)cc1Cl. The number of aliphatic hydroxyl groups excluding tert-OH is 1. The number of nitrogens with two attached hydrogens (primary N) is 1. The molecule has 0 aliphatic heterocycles. The Morgan fingerprint density at radius 2 is 1.77 bits per heavy atom. The summed E-state index contributed by atoms with van der Waals surface area (Å²) < 4.78 is 49.1. The van der Waals surface area contributed by atoms with E-state index in [0.29, 0.717) is 14.9 Å². The minimum Gasteiger partial charge on any atom is -0.392 e. The third kappa shape index (κ3) is 5.49. The van der Waals surface area contributed by atoms with Crippen molar-refractivity contribution in [1.82, 2.24) is 0 Å². The molecule has 0 radical (unpaired) electrons. The first-order valence-corrected chi connectivity index (χ1v) is 11.8. The zero-order valence-corrected chi connectivity index (χ0v) is 17.2. The summed E-state index contributed by atoms with van der Waals surface area (Å²) in [5.74, 6) is 0. The highest BCUT2D eigenvalue weighted by Gasteiger charge is 2.20. The van der Waals surface area contributed by atoms with Crippen molar-refractivity contribution in [2.75, 3.05) is 11.0 Å². The molecule has 0 unspecified atom stereocenters. The minimum absolute atomic E-state index is 0.0368. The predicted molar refractivity (Wildman–Crippen MR) is 103 cm³/mol. The maximum atomic E-state index is 11.8. The van der Waals surface area contributed by atoms with Gasteiger partial charge >= 0.3 is 0 Å². The summed E-state index contributed by atoms with van der Waals surface area (Å²) in [4.78, 5) is 0.442. The molecule has 26 heavy (non-hydrogen) atoms. The van der Waals surface area contributed by atoms with Crippen molar-refractivity contribution >= 4 is 60.7 Å². The molecule has 0 saturated carbocycles. The topological polar surface area (TPSA) is 127 Å². The minimum atomic E-state index is -4.14. The summed E-state index contributed by atoms with van der Waals surface area (Å²) in [5, 5.41) is 15.3. The van der Waals surface area contributed by atoms with Gasteiger partial charge in [0.1, 0.15) is 0 Å². The molecule has 7 nitrogen and oxygen atoms in total. The third-order valence-electron chi connectivity index (χ3n) is 3.05. The van der Waals surface area contributed by atoms with Gasteiger partial charge in [-0.25, -0.2) is 22.0 Å². The summed E-state index contributed by atoms with van der Waals surface area (Å²) in [6, 6.07) is 7.09. The lowest BCUT2D eigenvalue weighted by Crippen LogP contribution is -2.16. The van der Waals surface area contributed by atoms with E-state index in [0.717, 1.165) is 18.0 Å². The molecule has 0 bridgehead atoms. The van der Waals surface area contributed by atoms with Crippen LogP contribution in [0.4, 0.5) is 5.69 Å². The molecular weight excluding hydrogens is 443 g/mol. The Morgan fingerprint density at radius 3 is 2.27 bits per heavy atom. The quantitative estimate of drug-likeness (QED) is 0.612. The van der Waals surface area contributed by atoms with Gasteiger partial charge in [0.25, 0.3) is 0 Å². The summed E-state index contributed by atoms with van der Waals surface area (Å²) in [7, 11) is -7.80. The summed E-state index contributed by atoms with van der Waals surface area (Å²) in [6.07, 6.45) is 0.947. The highest BCUT2D eigenvalue weighted by molar-refractivity contribution is 7.99. The maximum Gasteiger partial charge on any atom is 0.238 e. The molecule has 0 atom stereocenters.